The van der Waals surface area contributed by atoms with E-state index in [1.807, 2.05) is 91.8 Å². The normalized spacial score (nSPS) is 9.54. The van der Waals surface area contributed by atoms with Crippen molar-refractivity contribution in [1.82, 2.24) is 9.97 Å². The second-order valence-corrected chi connectivity index (χ2v) is 5.41. The summed E-state index contributed by atoms with van der Waals surface area (Å²) >= 11 is 0. The van der Waals surface area contributed by atoms with Crippen LogP contribution in [0.4, 0.5) is 0 Å². The zero-order valence-corrected chi connectivity index (χ0v) is 17.2. The molecule has 4 rings (SSSR count). The first-order valence-electron chi connectivity index (χ1n) is 9.19. The number of hydrogen-bond donors (Lipinski definition) is 0. The zero-order chi connectivity index (χ0) is 19.7. The van der Waals surface area contributed by atoms with Gasteiger partial charge in [-0.25, -0.2) is 9.97 Å². The summed E-state index contributed by atoms with van der Waals surface area (Å²) < 4.78 is 10.6. The van der Waals surface area contributed by atoms with Gasteiger partial charge in [0, 0.05) is 13.8 Å². The Bertz CT molecular complexity index is 858. The van der Waals surface area contributed by atoms with Crippen LogP contribution < -0.4 is 0 Å². The van der Waals surface area contributed by atoms with Crippen molar-refractivity contribution < 1.29 is 8.83 Å². The summed E-state index contributed by atoms with van der Waals surface area (Å²) in [6, 6.07) is 12.0. The van der Waals surface area contributed by atoms with Crippen LogP contribution in [0.2, 0.25) is 0 Å². The molecule has 0 fully saturated rings. The molecule has 0 N–H and O–H groups in total. The van der Waals surface area contributed by atoms with Gasteiger partial charge in [-0.1, -0.05) is 39.8 Å². The van der Waals surface area contributed by atoms with Gasteiger partial charge in [0.1, 0.15) is 11.0 Å². The second-order valence-electron chi connectivity index (χ2n) is 5.41. The molecule has 0 aliphatic rings. The summed E-state index contributed by atoms with van der Waals surface area (Å²) in [7, 11) is 0. The number of oxazole rings is 2. The number of aryl methyl sites for hydroxylation is 4. The third kappa shape index (κ3) is 5.73. The highest BCUT2D eigenvalue weighted by molar-refractivity contribution is 5.73. The van der Waals surface area contributed by atoms with E-state index in [1.54, 1.807) is 0 Å². The Labute approximate surface area is 156 Å². The molecule has 140 valence electrons. The molecule has 0 unspecified atom stereocenters. The number of nitrogens with zero attached hydrogens (tertiary/aromatic N) is 2. The van der Waals surface area contributed by atoms with Gasteiger partial charge in [0.2, 0.25) is 0 Å². The lowest BCUT2D eigenvalue weighted by Gasteiger charge is -1.87. The van der Waals surface area contributed by atoms with E-state index < -0.39 is 0 Å². The molecule has 4 aromatic rings. The SMILES string of the molecule is CC.CC.Cc1ccc2nc(C)oc2c1.Cc1ccc2oc(C)nc2c1. The number of benzene rings is 2. The van der Waals surface area contributed by atoms with Crippen LogP contribution in [0.3, 0.4) is 0 Å². The third-order valence-corrected chi connectivity index (χ3v) is 3.30. The quantitative estimate of drug-likeness (QED) is 0.343. The van der Waals surface area contributed by atoms with E-state index in [-0.39, 0.29) is 0 Å². The van der Waals surface area contributed by atoms with Crippen LogP contribution >= 0.6 is 0 Å². The number of aromatic nitrogens is 2. The Hall–Kier alpha value is -2.62. The molecule has 4 nitrogen and oxygen atoms in total. The Morgan fingerprint density at radius 3 is 1.73 bits per heavy atom. The summed E-state index contributed by atoms with van der Waals surface area (Å²) in [5.41, 5.74) is 6.05. The minimum Gasteiger partial charge on any atom is -0.441 e. The molecule has 0 saturated heterocycles. The molecular formula is C22H30N2O2. The smallest absolute Gasteiger partial charge is 0.192 e. The van der Waals surface area contributed by atoms with Crippen molar-refractivity contribution in [3.63, 3.8) is 0 Å². The monoisotopic (exact) mass is 354 g/mol. The minimum absolute atomic E-state index is 0.727. The fourth-order valence-corrected chi connectivity index (χ4v) is 2.30. The number of fused-ring (bicyclic) bond motifs is 2. The Kier molecular flexibility index (Phi) is 8.56. The first-order valence-corrected chi connectivity index (χ1v) is 9.19. The van der Waals surface area contributed by atoms with Gasteiger partial charge in [-0.3, -0.25) is 0 Å². The molecule has 2 aromatic carbocycles. The predicted octanol–water partition coefficient (Wildman–Crippen LogP) is 6.94. The zero-order valence-electron chi connectivity index (χ0n) is 17.2. The highest BCUT2D eigenvalue weighted by atomic mass is 16.3. The molecule has 0 radical (unpaired) electrons. The molecular weight excluding hydrogens is 324 g/mol. The molecule has 0 atom stereocenters. The van der Waals surface area contributed by atoms with Crippen molar-refractivity contribution in [1.29, 1.82) is 0 Å². The Balaban J connectivity index is 0.000000219. The summed E-state index contributed by atoms with van der Waals surface area (Å²) in [6.45, 7) is 15.8. The molecule has 26 heavy (non-hydrogen) atoms. The number of rotatable bonds is 0. The summed E-state index contributed by atoms with van der Waals surface area (Å²) in [5.74, 6) is 1.45. The second kappa shape index (κ2) is 10.4. The summed E-state index contributed by atoms with van der Waals surface area (Å²) in [6.07, 6.45) is 0. The Morgan fingerprint density at radius 2 is 1.08 bits per heavy atom. The van der Waals surface area contributed by atoms with E-state index in [1.165, 1.54) is 11.1 Å². The molecule has 2 aromatic heterocycles. The molecule has 0 aliphatic carbocycles. The van der Waals surface area contributed by atoms with Gasteiger partial charge in [-0.15, -0.1) is 0 Å². The van der Waals surface area contributed by atoms with Crippen LogP contribution in [0.15, 0.2) is 45.2 Å². The first-order chi connectivity index (χ1) is 12.5. The molecule has 0 amide bonds. The van der Waals surface area contributed by atoms with Gasteiger partial charge in [0.15, 0.2) is 22.9 Å². The van der Waals surface area contributed by atoms with Crippen molar-refractivity contribution in [2.75, 3.05) is 0 Å². The highest BCUT2D eigenvalue weighted by Crippen LogP contribution is 2.16. The van der Waals surface area contributed by atoms with E-state index in [4.69, 9.17) is 8.83 Å². The molecule has 4 heteroatoms. The van der Waals surface area contributed by atoms with Crippen LogP contribution in [-0.4, -0.2) is 9.97 Å². The Morgan fingerprint density at radius 1 is 0.577 bits per heavy atom. The fourth-order valence-electron chi connectivity index (χ4n) is 2.30. The van der Waals surface area contributed by atoms with Crippen molar-refractivity contribution in [3.8, 4) is 0 Å². The maximum absolute atomic E-state index is 5.34. The van der Waals surface area contributed by atoms with Gasteiger partial charge in [0.05, 0.1) is 0 Å². The van der Waals surface area contributed by atoms with Crippen molar-refractivity contribution >= 4 is 22.2 Å². The largest absolute Gasteiger partial charge is 0.441 e. The summed E-state index contributed by atoms with van der Waals surface area (Å²) in [4.78, 5) is 8.39. The average molecular weight is 354 g/mol. The standard InChI is InChI=1S/2C9H9NO.2C2H6/c1-6-3-4-9-8(5-6)10-7(2)11-9;1-6-3-4-8-9(5-6)11-7(2)10-8;2*1-2/h2*3-5H,1-2H3;2*1-2H3. The molecule has 0 saturated carbocycles. The molecule has 0 bridgehead atoms. The lowest BCUT2D eigenvalue weighted by molar-refractivity contribution is 0.560. The first kappa shape index (κ1) is 21.4. The van der Waals surface area contributed by atoms with E-state index in [9.17, 15) is 0 Å². The van der Waals surface area contributed by atoms with Crippen molar-refractivity contribution in [3.05, 3.63) is 59.3 Å². The number of hydrogen-bond acceptors (Lipinski definition) is 4. The average Bonchev–Trinajstić information content (AvgIpc) is 3.18. The van der Waals surface area contributed by atoms with Crippen LogP contribution in [0.5, 0.6) is 0 Å². The van der Waals surface area contributed by atoms with E-state index in [0.717, 1.165) is 34.0 Å². The molecule has 0 aliphatic heterocycles. The van der Waals surface area contributed by atoms with Gasteiger partial charge in [-0.05, 0) is 49.2 Å². The van der Waals surface area contributed by atoms with Crippen LogP contribution in [0.1, 0.15) is 50.6 Å². The maximum atomic E-state index is 5.34. The lowest BCUT2D eigenvalue weighted by atomic mass is 10.2. The molecule has 2 heterocycles. The predicted molar refractivity (Wildman–Crippen MR) is 110 cm³/mol. The highest BCUT2D eigenvalue weighted by Gasteiger charge is 2.00. The third-order valence-electron chi connectivity index (χ3n) is 3.30. The van der Waals surface area contributed by atoms with E-state index >= 15 is 0 Å². The van der Waals surface area contributed by atoms with E-state index in [0.29, 0.717) is 0 Å². The van der Waals surface area contributed by atoms with Gasteiger partial charge in [0.25, 0.3) is 0 Å². The molecule has 0 spiro atoms. The van der Waals surface area contributed by atoms with Gasteiger partial charge < -0.3 is 8.83 Å². The lowest BCUT2D eigenvalue weighted by Crippen LogP contribution is -1.71. The van der Waals surface area contributed by atoms with Gasteiger partial charge in [-0.2, -0.15) is 0 Å². The van der Waals surface area contributed by atoms with Crippen LogP contribution in [0.25, 0.3) is 22.2 Å². The summed E-state index contributed by atoms with van der Waals surface area (Å²) in [5, 5.41) is 0. The van der Waals surface area contributed by atoms with Gasteiger partial charge >= 0.3 is 0 Å². The van der Waals surface area contributed by atoms with Crippen molar-refractivity contribution in [2.45, 2.75) is 55.4 Å². The topological polar surface area (TPSA) is 52.1 Å². The minimum atomic E-state index is 0.727. The van der Waals surface area contributed by atoms with Crippen molar-refractivity contribution in [2.24, 2.45) is 0 Å². The van der Waals surface area contributed by atoms with Crippen LogP contribution in [-0.2, 0) is 0 Å². The maximum Gasteiger partial charge on any atom is 0.192 e. The van der Waals surface area contributed by atoms with E-state index in [2.05, 4.69) is 9.97 Å². The fraction of sp³-hybridized carbons (Fsp3) is 0.364. The van der Waals surface area contributed by atoms with Crippen LogP contribution in [0, 0.1) is 27.7 Å².